The molecule has 2 aliphatic heterocycles. The predicted molar refractivity (Wildman–Crippen MR) is 123 cm³/mol. The van der Waals surface area contributed by atoms with Gasteiger partial charge >= 0.3 is 0 Å². The van der Waals surface area contributed by atoms with E-state index in [9.17, 15) is 13.2 Å². The Labute approximate surface area is 194 Å². The fourth-order valence-electron chi connectivity index (χ4n) is 4.06. The molecule has 0 fully saturated rings. The quantitative estimate of drug-likeness (QED) is 0.692. The van der Waals surface area contributed by atoms with Crippen molar-refractivity contribution in [2.24, 2.45) is 5.92 Å². The summed E-state index contributed by atoms with van der Waals surface area (Å²) < 4.78 is 45.5. The highest BCUT2D eigenvalue weighted by molar-refractivity contribution is 7.89. The topological polar surface area (TPSA) is 94.2 Å². The van der Waals surface area contributed by atoms with Crippen LogP contribution in [0.3, 0.4) is 0 Å². The summed E-state index contributed by atoms with van der Waals surface area (Å²) in [6.45, 7) is 5.60. The fraction of sp³-hybridized carbons (Fsp3) is 0.458. The maximum absolute atomic E-state index is 13.4. The van der Waals surface area contributed by atoms with Crippen LogP contribution in [0.1, 0.15) is 31.4 Å². The summed E-state index contributed by atoms with van der Waals surface area (Å²) in [5.41, 5.74) is 2.19. The van der Waals surface area contributed by atoms with Crippen molar-refractivity contribution < 1.29 is 27.4 Å². The number of ether oxygens (including phenoxy) is 3. The molecule has 1 unspecified atom stereocenters. The van der Waals surface area contributed by atoms with Crippen molar-refractivity contribution >= 4 is 15.9 Å². The number of hydrogen-bond donors (Lipinski definition) is 1. The van der Waals surface area contributed by atoms with E-state index >= 15 is 0 Å². The molecule has 4 rings (SSSR count). The molecule has 178 valence electrons. The molecule has 0 spiro atoms. The van der Waals surface area contributed by atoms with E-state index in [1.54, 1.807) is 18.1 Å². The van der Waals surface area contributed by atoms with E-state index in [4.69, 9.17) is 14.2 Å². The molecule has 0 aromatic heterocycles. The summed E-state index contributed by atoms with van der Waals surface area (Å²) in [6, 6.07) is 9.49. The first-order valence-corrected chi connectivity index (χ1v) is 12.6. The summed E-state index contributed by atoms with van der Waals surface area (Å²) in [5.74, 6) is 1.17. The highest BCUT2D eigenvalue weighted by atomic mass is 32.2. The number of benzene rings is 2. The molecule has 1 atom stereocenters. The lowest BCUT2D eigenvalue weighted by molar-refractivity contribution is -0.135. The number of sulfonamides is 1. The zero-order valence-electron chi connectivity index (χ0n) is 19.2. The molecule has 0 bridgehead atoms. The van der Waals surface area contributed by atoms with Gasteiger partial charge in [0.2, 0.25) is 15.9 Å². The lowest BCUT2D eigenvalue weighted by Gasteiger charge is -2.33. The minimum absolute atomic E-state index is 0.0407. The maximum atomic E-state index is 13.4. The third-order valence-corrected chi connectivity index (χ3v) is 7.42. The summed E-state index contributed by atoms with van der Waals surface area (Å²) in [6.07, 6.45) is 1.44. The van der Waals surface area contributed by atoms with Crippen molar-refractivity contribution in [1.82, 2.24) is 9.62 Å². The lowest BCUT2D eigenvalue weighted by Crippen LogP contribution is -2.52. The standard InChI is InChI=1S/C24H30N2O6S/c1-16(2)23(24(27)26-10-9-17-5-6-19(30-3)13-18(17)15-26)25-33(28,29)20-7-8-21-22(14-20)32-12-4-11-31-21/h5-8,13-14,16,23,25H,4,9-12,15H2,1-3H3. The van der Waals surface area contributed by atoms with Crippen molar-refractivity contribution in [3.63, 3.8) is 0 Å². The number of hydrogen-bond acceptors (Lipinski definition) is 6. The summed E-state index contributed by atoms with van der Waals surface area (Å²) in [4.78, 5) is 15.2. The van der Waals surface area contributed by atoms with E-state index in [2.05, 4.69) is 4.72 Å². The fourth-order valence-corrected chi connectivity index (χ4v) is 5.42. The monoisotopic (exact) mass is 474 g/mol. The zero-order chi connectivity index (χ0) is 23.6. The van der Waals surface area contributed by atoms with E-state index in [-0.39, 0.29) is 16.7 Å². The Balaban J connectivity index is 1.54. The molecule has 1 amide bonds. The average molecular weight is 475 g/mol. The van der Waals surface area contributed by atoms with Crippen LogP contribution in [0.5, 0.6) is 17.2 Å². The average Bonchev–Trinajstić information content (AvgIpc) is 3.06. The predicted octanol–water partition coefficient (Wildman–Crippen LogP) is 2.74. The molecule has 1 N–H and O–H groups in total. The molecular weight excluding hydrogens is 444 g/mol. The molecule has 0 radical (unpaired) electrons. The van der Waals surface area contributed by atoms with Crippen molar-refractivity contribution in [3.05, 3.63) is 47.5 Å². The molecule has 8 nitrogen and oxygen atoms in total. The molecule has 2 aromatic rings. The molecule has 9 heteroatoms. The Morgan fingerprint density at radius 3 is 2.55 bits per heavy atom. The van der Waals surface area contributed by atoms with E-state index < -0.39 is 16.1 Å². The van der Waals surface area contributed by atoms with Gasteiger partial charge in [-0.25, -0.2) is 8.42 Å². The molecule has 0 aliphatic carbocycles. The number of carbonyl (C=O) groups is 1. The summed E-state index contributed by atoms with van der Waals surface area (Å²) in [7, 11) is -2.35. The van der Waals surface area contributed by atoms with Gasteiger partial charge in [0.05, 0.1) is 25.2 Å². The molecule has 2 aromatic carbocycles. The van der Waals surface area contributed by atoms with Crippen molar-refractivity contribution in [1.29, 1.82) is 0 Å². The van der Waals surface area contributed by atoms with E-state index in [0.29, 0.717) is 44.2 Å². The number of nitrogens with zero attached hydrogens (tertiary/aromatic N) is 1. The smallest absolute Gasteiger partial charge is 0.241 e. The van der Waals surface area contributed by atoms with Crippen LogP contribution in [0.4, 0.5) is 0 Å². The molecular formula is C24H30N2O6S. The van der Waals surface area contributed by atoms with Gasteiger partial charge in [0, 0.05) is 25.6 Å². The second-order valence-corrected chi connectivity index (χ2v) is 10.4. The van der Waals surface area contributed by atoms with E-state index in [1.165, 1.54) is 17.7 Å². The first kappa shape index (κ1) is 23.4. The van der Waals surface area contributed by atoms with Crippen LogP contribution in [-0.2, 0) is 27.8 Å². The van der Waals surface area contributed by atoms with Gasteiger partial charge in [-0.2, -0.15) is 4.72 Å². The summed E-state index contributed by atoms with van der Waals surface area (Å²) >= 11 is 0. The first-order chi connectivity index (χ1) is 15.8. The van der Waals surface area contributed by atoms with Gasteiger partial charge in [0.25, 0.3) is 0 Å². The molecule has 2 aliphatic rings. The van der Waals surface area contributed by atoms with E-state index in [0.717, 1.165) is 17.7 Å². The number of nitrogens with one attached hydrogen (secondary N) is 1. The Morgan fingerprint density at radius 2 is 1.82 bits per heavy atom. The Hall–Kier alpha value is -2.78. The van der Waals surface area contributed by atoms with Crippen LogP contribution in [0, 0.1) is 5.92 Å². The minimum atomic E-state index is -3.96. The van der Waals surface area contributed by atoms with Crippen LogP contribution in [0.25, 0.3) is 0 Å². The number of methoxy groups -OCH3 is 1. The Bertz CT molecular complexity index is 1130. The van der Waals surface area contributed by atoms with Crippen LogP contribution in [0.2, 0.25) is 0 Å². The molecule has 0 saturated heterocycles. The van der Waals surface area contributed by atoms with Gasteiger partial charge in [-0.05, 0) is 47.7 Å². The second-order valence-electron chi connectivity index (χ2n) is 8.65. The molecule has 0 saturated carbocycles. The van der Waals surface area contributed by atoms with Gasteiger partial charge < -0.3 is 19.1 Å². The van der Waals surface area contributed by atoms with Crippen molar-refractivity contribution in [2.45, 2.75) is 44.2 Å². The SMILES string of the molecule is COc1ccc2c(c1)CN(C(=O)C(NS(=O)(=O)c1ccc3c(c1)OCCCO3)C(C)C)CC2. The lowest BCUT2D eigenvalue weighted by atomic mass is 9.97. The van der Waals surface area contributed by atoms with E-state index in [1.807, 2.05) is 32.0 Å². The zero-order valence-corrected chi connectivity index (χ0v) is 20.0. The van der Waals surface area contributed by atoms with Gasteiger partial charge in [-0.15, -0.1) is 0 Å². The molecule has 33 heavy (non-hydrogen) atoms. The minimum Gasteiger partial charge on any atom is -0.497 e. The maximum Gasteiger partial charge on any atom is 0.241 e. The van der Waals surface area contributed by atoms with Crippen molar-refractivity contribution in [2.75, 3.05) is 26.9 Å². The number of fused-ring (bicyclic) bond motifs is 2. The van der Waals surface area contributed by atoms with Gasteiger partial charge in [-0.1, -0.05) is 19.9 Å². The second kappa shape index (κ2) is 9.61. The number of carbonyl (C=O) groups excluding carboxylic acids is 1. The van der Waals surface area contributed by atoms with Crippen LogP contribution in [0.15, 0.2) is 41.3 Å². The summed E-state index contributed by atoms with van der Waals surface area (Å²) in [5, 5.41) is 0. The largest absolute Gasteiger partial charge is 0.497 e. The van der Waals surface area contributed by atoms with Crippen molar-refractivity contribution in [3.8, 4) is 17.2 Å². The van der Waals surface area contributed by atoms with Gasteiger partial charge in [-0.3, -0.25) is 4.79 Å². The highest BCUT2D eigenvalue weighted by Gasteiger charge is 2.33. The highest BCUT2D eigenvalue weighted by Crippen LogP contribution is 2.32. The number of amides is 1. The normalized spacial score (nSPS) is 16.7. The van der Waals surface area contributed by atoms with Gasteiger partial charge in [0.1, 0.15) is 11.8 Å². The Morgan fingerprint density at radius 1 is 1.06 bits per heavy atom. The van der Waals surface area contributed by atoms with Crippen LogP contribution >= 0.6 is 0 Å². The first-order valence-electron chi connectivity index (χ1n) is 11.1. The third-order valence-electron chi connectivity index (χ3n) is 5.98. The number of rotatable bonds is 6. The molecule has 2 heterocycles. The van der Waals surface area contributed by atoms with Gasteiger partial charge in [0.15, 0.2) is 11.5 Å². The van der Waals surface area contributed by atoms with Crippen LogP contribution in [-0.4, -0.2) is 52.1 Å². The third kappa shape index (κ3) is 5.09. The van der Waals surface area contributed by atoms with Crippen LogP contribution < -0.4 is 18.9 Å². The Kier molecular flexibility index (Phi) is 6.81.